The second-order valence-corrected chi connectivity index (χ2v) is 4.30. The van der Waals surface area contributed by atoms with Gasteiger partial charge in [0.25, 0.3) is 0 Å². The van der Waals surface area contributed by atoms with Crippen molar-refractivity contribution in [3.63, 3.8) is 0 Å². The zero-order chi connectivity index (χ0) is 9.68. The van der Waals surface area contributed by atoms with Crippen LogP contribution in [-0.4, -0.2) is 31.1 Å². The number of hydrogen-bond acceptors (Lipinski definition) is 1. The molecule has 0 bridgehead atoms. The highest BCUT2D eigenvalue weighted by molar-refractivity contribution is 4.75. The molecule has 0 amide bonds. The fourth-order valence-corrected chi connectivity index (χ4v) is 2.03. The maximum Gasteiger partial charge on any atom is 0.227 e. The van der Waals surface area contributed by atoms with Gasteiger partial charge in [-0.25, -0.2) is 6.57 Å². The first-order valence-electron chi connectivity index (χ1n) is 5.29. The lowest BCUT2D eigenvalue weighted by atomic mass is 9.87. The van der Waals surface area contributed by atoms with Gasteiger partial charge in [-0.2, -0.15) is 0 Å². The summed E-state index contributed by atoms with van der Waals surface area (Å²) in [5.74, 6) is 1.76. The van der Waals surface area contributed by atoms with Crippen LogP contribution in [-0.2, 0) is 0 Å². The van der Waals surface area contributed by atoms with Gasteiger partial charge in [-0.1, -0.05) is 13.8 Å². The van der Waals surface area contributed by atoms with Gasteiger partial charge in [0.15, 0.2) is 0 Å². The molecule has 0 aliphatic carbocycles. The maximum atomic E-state index is 6.73. The number of rotatable bonds is 3. The predicted molar refractivity (Wildman–Crippen MR) is 55.5 cm³/mol. The van der Waals surface area contributed by atoms with Crippen molar-refractivity contribution >= 4 is 0 Å². The normalized spacial score (nSPS) is 20.5. The van der Waals surface area contributed by atoms with Gasteiger partial charge in [0, 0.05) is 0 Å². The summed E-state index contributed by atoms with van der Waals surface area (Å²) < 4.78 is 0. The Morgan fingerprint density at radius 3 is 2.46 bits per heavy atom. The summed E-state index contributed by atoms with van der Waals surface area (Å²) in [5.41, 5.74) is 0. The number of piperidine rings is 1. The Morgan fingerprint density at radius 2 is 2.00 bits per heavy atom. The largest absolute Gasteiger partial charge is 0.316 e. The molecule has 1 aliphatic rings. The second kappa shape index (κ2) is 5.24. The Balaban J connectivity index is 2.19. The molecule has 0 saturated carbocycles. The molecule has 2 heteroatoms. The van der Waals surface area contributed by atoms with Crippen LogP contribution in [0.5, 0.6) is 0 Å². The zero-order valence-corrected chi connectivity index (χ0v) is 8.79. The van der Waals surface area contributed by atoms with E-state index in [2.05, 4.69) is 23.6 Å². The smallest absolute Gasteiger partial charge is 0.227 e. The summed E-state index contributed by atoms with van der Waals surface area (Å²) >= 11 is 0. The number of nitrogens with zero attached hydrogens (tertiary/aromatic N) is 2. The van der Waals surface area contributed by atoms with Crippen LogP contribution < -0.4 is 0 Å². The van der Waals surface area contributed by atoms with Gasteiger partial charge in [0.2, 0.25) is 6.54 Å². The first-order chi connectivity index (χ1) is 6.24. The van der Waals surface area contributed by atoms with Gasteiger partial charge in [-0.05, 0) is 37.8 Å². The molecule has 0 aromatic carbocycles. The highest BCUT2D eigenvalue weighted by atomic mass is 15.1. The summed E-state index contributed by atoms with van der Waals surface area (Å²) in [6, 6.07) is 0. The molecule has 1 rings (SSSR count). The van der Waals surface area contributed by atoms with Gasteiger partial charge in [-0.3, -0.25) is 4.90 Å². The van der Waals surface area contributed by atoms with Gasteiger partial charge in [0.1, 0.15) is 0 Å². The molecular formula is C11H20N2. The van der Waals surface area contributed by atoms with Crippen molar-refractivity contribution in [2.75, 3.05) is 26.2 Å². The van der Waals surface area contributed by atoms with Crippen molar-refractivity contribution in [1.82, 2.24) is 4.90 Å². The van der Waals surface area contributed by atoms with E-state index in [1.165, 1.54) is 25.9 Å². The fourth-order valence-electron chi connectivity index (χ4n) is 2.03. The van der Waals surface area contributed by atoms with E-state index in [-0.39, 0.29) is 0 Å². The van der Waals surface area contributed by atoms with Gasteiger partial charge < -0.3 is 4.85 Å². The van der Waals surface area contributed by atoms with Crippen LogP contribution in [0.4, 0.5) is 0 Å². The Bertz CT molecular complexity index is 173. The minimum Gasteiger partial charge on any atom is -0.316 e. The highest BCUT2D eigenvalue weighted by Gasteiger charge is 2.21. The molecule has 0 unspecified atom stereocenters. The Kier molecular flexibility index (Phi) is 4.24. The van der Waals surface area contributed by atoms with Crippen molar-refractivity contribution in [1.29, 1.82) is 0 Å². The van der Waals surface area contributed by atoms with E-state index in [0.717, 1.165) is 18.4 Å². The van der Waals surface area contributed by atoms with Crippen LogP contribution in [0.3, 0.4) is 0 Å². The van der Waals surface area contributed by atoms with E-state index >= 15 is 0 Å². The van der Waals surface area contributed by atoms with E-state index in [0.29, 0.717) is 6.54 Å². The summed E-state index contributed by atoms with van der Waals surface area (Å²) in [6.45, 7) is 15.4. The lowest BCUT2D eigenvalue weighted by molar-refractivity contribution is 0.163. The Hall–Kier alpha value is -0.550. The second-order valence-electron chi connectivity index (χ2n) is 4.30. The molecule has 2 nitrogen and oxygen atoms in total. The molecule has 1 aliphatic heterocycles. The number of hydrogen-bond donors (Lipinski definition) is 0. The van der Waals surface area contributed by atoms with E-state index in [4.69, 9.17) is 6.57 Å². The molecule has 1 fully saturated rings. The van der Waals surface area contributed by atoms with Crippen LogP contribution in [0, 0.1) is 18.4 Å². The highest BCUT2D eigenvalue weighted by Crippen LogP contribution is 2.23. The minimum atomic E-state index is 0.673. The summed E-state index contributed by atoms with van der Waals surface area (Å²) in [5, 5.41) is 0. The van der Waals surface area contributed by atoms with Crippen LogP contribution >= 0.6 is 0 Å². The van der Waals surface area contributed by atoms with Crippen LogP contribution in [0.15, 0.2) is 0 Å². The monoisotopic (exact) mass is 180 g/mol. The molecule has 0 aromatic rings. The van der Waals surface area contributed by atoms with Crippen LogP contribution in [0.25, 0.3) is 4.85 Å². The minimum absolute atomic E-state index is 0.673. The average molecular weight is 180 g/mol. The van der Waals surface area contributed by atoms with E-state index < -0.39 is 0 Å². The van der Waals surface area contributed by atoms with E-state index in [1.807, 2.05) is 0 Å². The molecule has 0 spiro atoms. The summed E-state index contributed by atoms with van der Waals surface area (Å²) in [7, 11) is 0. The molecule has 1 heterocycles. The van der Waals surface area contributed by atoms with Crippen molar-refractivity contribution < 1.29 is 0 Å². The maximum absolute atomic E-state index is 6.73. The molecule has 74 valence electrons. The van der Waals surface area contributed by atoms with E-state index in [1.54, 1.807) is 0 Å². The Labute approximate surface area is 81.7 Å². The molecule has 0 aromatic heterocycles. The zero-order valence-electron chi connectivity index (χ0n) is 8.79. The van der Waals surface area contributed by atoms with Gasteiger partial charge in [0.05, 0.1) is 6.54 Å². The lowest BCUT2D eigenvalue weighted by Crippen LogP contribution is -2.36. The first-order valence-corrected chi connectivity index (χ1v) is 5.29. The quantitative estimate of drug-likeness (QED) is 0.605. The van der Waals surface area contributed by atoms with Gasteiger partial charge in [-0.15, -0.1) is 0 Å². The topological polar surface area (TPSA) is 7.60 Å². The Morgan fingerprint density at radius 1 is 1.38 bits per heavy atom. The SMILES string of the molecule is [C-]#[N+]CCN1CCC(C(C)C)CC1. The standard InChI is InChI=1S/C11H20N2/c1-10(2)11-4-7-13(8-5-11)9-6-12-3/h10-11H,4-9H2,1-2H3. The molecular weight excluding hydrogens is 160 g/mol. The van der Waals surface area contributed by atoms with Crippen molar-refractivity contribution in [3.8, 4) is 0 Å². The summed E-state index contributed by atoms with van der Waals surface area (Å²) in [6.07, 6.45) is 2.66. The average Bonchev–Trinajstić information content (AvgIpc) is 2.15. The molecule has 0 atom stereocenters. The van der Waals surface area contributed by atoms with Crippen LogP contribution in [0.1, 0.15) is 26.7 Å². The summed E-state index contributed by atoms with van der Waals surface area (Å²) in [4.78, 5) is 5.82. The molecule has 0 radical (unpaired) electrons. The van der Waals surface area contributed by atoms with Crippen LogP contribution in [0.2, 0.25) is 0 Å². The number of likely N-dealkylation sites (tertiary alicyclic amines) is 1. The molecule has 13 heavy (non-hydrogen) atoms. The van der Waals surface area contributed by atoms with E-state index in [9.17, 15) is 0 Å². The third kappa shape index (κ3) is 3.36. The third-order valence-electron chi connectivity index (χ3n) is 3.10. The fraction of sp³-hybridized carbons (Fsp3) is 0.909. The van der Waals surface area contributed by atoms with Crippen molar-refractivity contribution in [2.24, 2.45) is 11.8 Å². The van der Waals surface area contributed by atoms with Crippen molar-refractivity contribution in [3.05, 3.63) is 11.4 Å². The van der Waals surface area contributed by atoms with Crippen molar-refractivity contribution in [2.45, 2.75) is 26.7 Å². The molecule has 1 saturated heterocycles. The third-order valence-corrected chi connectivity index (χ3v) is 3.10. The first kappa shape index (κ1) is 10.5. The van der Waals surface area contributed by atoms with Gasteiger partial charge >= 0.3 is 0 Å². The predicted octanol–water partition coefficient (Wildman–Crippen LogP) is 2.27. The lowest BCUT2D eigenvalue weighted by Gasteiger charge is -2.32. The molecule has 0 N–H and O–H groups in total.